The van der Waals surface area contributed by atoms with Gasteiger partial charge in [-0.05, 0) is 49.6 Å². The molecule has 0 aliphatic heterocycles. The molecule has 2 aromatic carbocycles. The summed E-state index contributed by atoms with van der Waals surface area (Å²) in [4.78, 5) is 25.0. The number of hydrogen-bond acceptors (Lipinski definition) is 4. The number of fused-ring (bicyclic) bond motifs is 3. The fraction of sp³-hybridized carbons (Fsp3) is 0.174. The number of benzene rings is 2. The van der Waals surface area contributed by atoms with Crippen LogP contribution in [-0.4, -0.2) is 22.1 Å². The summed E-state index contributed by atoms with van der Waals surface area (Å²) in [6.07, 6.45) is 0.0967. The van der Waals surface area contributed by atoms with Crippen molar-refractivity contribution >= 4 is 56.4 Å². The number of nitrogens with one attached hydrogen (secondary N) is 2. The molecule has 0 fully saturated rings. The Bertz CT molecular complexity index is 1260. The van der Waals surface area contributed by atoms with Crippen LogP contribution in [0, 0.1) is 0 Å². The van der Waals surface area contributed by atoms with Crippen LogP contribution in [0.25, 0.3) is 21.8 Å². The highest BCUT2D eigenvalue weighted by molar-refractivity contribution is 7.12. The molecule has 0 aliphatic carbocycles. The Morgan fingerprint density at radius 2 is 1.83 bits per heavy atom. The molecule has 4 rings (SSSR count). The van der Waals surface area contributed by atoms with Gasteiger partial charge in [0.2, 0.25) is 5.91 Å². The van der Waals surface area contributed by atoms with E-state index in [1.807, 2.05) is 35.7 Å². The Morgan fingerprint density at radius 3 is 2.60 bits per heavy atom. The smallest absolute Gasteiger partial charge is 0.281 e. The minimum Gasteiger partial charge on any atom is -0.341 e. The molecule has 152 valence electrons. The number of thiophene rings is 1. The average Bonchev–Trinajstić information content (AvgIpc) is 3.38. The number of aromatic nitrogens is 1. The number of amides is 2. The van der Waals surface area contributed by atoms with Crippen molar-refractivity contribution in [2.45, 2.75) is 26.8 Å². The number of hydrazone groups is 1. The van der Waals surface area contributed by atoms with Crippen molar-refractivity contribution in [1.82, 2.24) is 9.99 Å². The molecule has 0 aliphatic rings. The lowest BCUT2D eigenvalue weighted by molar-refractivity contribution is -0.115. The third kappa shape index (κ3) is 3.97. The predicted octanol–water partition coefficient (Wildman–Crippen LogP) is 5.01. The molecule has 4 aromatic rings. The first-order chi connectivity index (χ1) is 14.6. The van der Waals surface area contributed by atoms with Crippen LogP contribution in [-0.2, 0) is 11.3 Å². The molecule has 2 amide bonds. The van der Waals surface area contributed by atoms with Gasteiger partial charge in [-0.2, -0.15) is 5.10 Å². The molecule has 0 spiro atoms. The summed E-state index contributed by atoms with van der Waals surface area (Å²) in [5, 5.41) is 11.1. The van der Waals surface area contributed by atoms with Crippen LogP contribution in [0.1, 0.15) is 29.9 Å². The average molecular weight is 419 g/mol. The highest BCUT2D eigenvalue weighted by Crippen LogP contribution is 2.31. The Labute approximate surface area is 178 Å². The molecular weight excluding hydrogens is 396 g/mol. The number of aryl methyl sites for hydroxylation is 1. The van der Waals surface area contributed by atoms with Crippen molar-refractivity contribution in [3.63, 3.8) is 0 Å². The summed E-state index contributed by atoms with van der Waals surface area (Å²) < 4.78 is 2.27. The largest absolute Gasteiger partial charge is 0.341 e. The van der Waals surface area contributed by atoms with Gasteiger partial charge in [0.1, 0.15) is 0 Å². The molecule has 7 heteroatoms. The van der Waals surface area contributed by atoms with Crippen LogP contribution >= 0.6 is 11.3 Å². The molecule has 2 heterocycles. The van der Waals surface area contributed by atoms with Gasteiger partial charge in [-0.25, -0.2) is 5.43 Å². The third-order valence-corrected chi connectivity index (χ3v) is 5.75. The van der Waals surface area contributed by atoms with E-state index in [0.717, 1.165) is 23.1 Å². The lowest BCUT2D eigenvalue weighted by Crippen LogP contribution is -2.20. The number of hydrogen-bond donors (Lipinski definition) is 2. The quantitative estimate of drug-likeness (QED) is 0.341. The molecule has 0 atom stereocenters. The summed E-state index contributed by atoms with van der Waals surface area (Å²) in [5.41, 5.74) is 6.08. The van der Waals surface area contributed by atoms with E-state index in [1.54, 1.807) is 19.1 Å². The van der Waals surface area contributed by atoms with E-state index in [4.69, 9.17) is 0 Å². The van der Waals surface area contributed by atoms with Gasteiger partial charge >= 0.3 is 0 Å². The van der Waals surface area contributed by atoms with Gasteiger partial charge in [-0.3, -0.25) is 9.59 Å². The van der Waals surface area contributed by atoms with Crippen LogP contribution in [0.2, 0.25) is 0 Å². The summed E-state index contributed by atoms with van der Waals surface area (Å²) in [6.45, 7) is 4.72. The number of carbonyl (C=O) groups excluding carboxylic acids is 2. The number of anilines is 1. The molecular formula is C23H22N4O2S. The first-order valence-electron chi connectivity index (χ1n) is 9.74. The maximum Gasteiger partial charge on any atom is 0.281 e. The van der Waals surface area contributed by atoms with Gasteiger partial charge in [0.25, 0.3) is 5.91 Å². The topological polar surface area (TPSA) is 75.5 Å². The summed E-state index contributed by atoms with van der Waals surface area (Å²) in [6, 6.07) is 17.8. The van der Waals surface area contributed by atoms with E-state index in [2.05, 4.69) is 39.5 Å². The lowest BCUT2D eigenvalue weighted by atomic mass is 10.1. The summed E-state index contributed by atoms with van der Waals surface area (Å²) in [7, 11) is 0. The Hall–Kier alpha value is -3.45. The maximum atomic E-state index is 12.4. The number of carbonyl (C=O) groups is 2. The zero-order valence-electron chi connectivity index (χ0n) is 16.8. The second kappa shape index (κ2) is 8.51. The standard InChI is InChI=1S/C23H22N4O2S/c1-3-27-19-8-5-4-7-17(19)18-14-16(10-11-20(18)27)24-22(28)13-15(2)25-26-23(29)21-9-6-12-30-21/h4-12,14H,3,13H2,1-2H3,(H,24,28)(H,26,29)/b25-15-. The minimum absolute atomic E-state index is 0.0967. The summed E-state index contributed by atoms with van der Waals surface area (Å²) >= 11 is 1.34. The van der Waals surface area contributed by atoms with Gasteiger partial charge in [-0.1, -0.05) is 24.3 Å². The number of rotatable bonds is 6. The van der Waals surface area contributed by atoms with Crippen molar-refractivity contribution in [2.24, 2.45) is 5.10 Å². The SMILES string of the molecule is CCn1c2ccccc2c2cc(NC(=O)C/C(C)=N\NC(=O)c3cccs3)ccc21. The van der Waals surface area contributed by atoms with Crippen molar-refractivity contribution < 1.29 is 9.59 Å². The minimum atomic E-state index is -0.275. The second-order valence-corrected chi connectivity index (χ2v) is 7.93. The van der Waals surface area contributed by atoms with Crippen LogP contribution in [0.5, 0.6) is 0 Å². The fourth-order valence-corrected chi connectivity index (χ4v) is 4.17. The van der Waals surface area contributed by atoms with Gasteiger partial charge < -0.3 is 9.88 Å². The molecule has 0 saturated heterocycles. The van der Waals surface area contributed by atoms with Crippen molar-refractivity contribution in [3.05, 3.63) is 64.9 Å². The van der Waals surface area contributed by atoms with E-state index in [0.29, 0.717) is 10.6 Å². The van der Waals surface area contributed by atoms with Crippen LogP contribution in [0.15, 0.2) is 65.1 Å². The summed E-state index contributed by atoms with van der Waals surface area (Å²) in [5.74, 6) is -0.456. The molecule has 6 nitrogen and oxygen atoms in total. The molecule has 30 heavy (non-hydrogen) atoms. The van der Waals surface area contributed by atoms with E-state index in [9.17, 15) is 9.59 Å². The van der Waals surface area contributed by atoms with Gasteiger partial charge in [0.05, 0.1) is 11.3 Å². The van der Waals surface area contributed by atoms with Gasteiger partial charge in [0, 0.05) is 39.7 Å². The van der Waals surface area contributed by atoms with Crippen molar-refractivity contribution in [1.29, 1.82) is 0 Å². The maximum absolute atomic E-state index is 12.4. The molecule has 0 saturated carbocycles. The van der Waals surface area contributed by atoms with Crippen LogP contribution in [0.3, 0.4) is 0 Å². The first kappa shape index (κ1) is 19.8. The zero-order valence-corrected chi connectivity index (χ0v) is 17.6. The van der Waals surface area contributed by atoms with Crippen LogP contribution in [0.4, 0.5) is 5.69 Å². The number of para-hydroxylation sites is 1. The van der Waals surface area contributed by atoms with Gasteiger partial charge in [-0.15, -0.1) is 11.3 Å². The number of nitrogens with zero attached hydrogens (tertiary/aromatic N) is 2. The van der Waals surface area contributed by atoms with E-state index < -0.39 is 0 Å². The highest BCUT2D eigenvalue weighted by Gasteiger charge is 2.12. The molecule has 2 N–H and O–H groups in total. The fourth-order valence-electron chi connectivity index (χ4n) is 3.56. The highest BCUT2D eigenvalue weighted by atomic mass is 32.1. The molecule has 0 bridgehead atoms. The third-order valence-electron chi connectivity index (χ3n) is 4.88. The lowest BCUT2D eigenvalue weighted by Gasteiger charge is -2.07. The Balaban J connectivity index is 1.47. The van der Waals surface area contributed by atoms with E-state index >= 15 is 0 Å². The molecule has 0 unspecified atom stereocenters. The van der Waals surface area contributed by atoms with Gasteiger partial charge in [0.15, 0.2) is 0 Å². The van der Waals surface area contributed by atoms with E-state index in [1.165, 1.54) is 22.2 Å². The Morgan fingerprint density at radius 1 is 1.03 bits per heavy atom. The normalized spacial score (nSPS) is 11.7. The molecule has 2 aromatic heterocycles. The predicted molar refractivity (Wildman–Crippen MR) is 123 cm³/mol. The van der Waals surface area contributed by atoms with Crippen molar-refractivity contribution in [3.8, 4) is 0 Å². The van der Waals surface area contributed by atoms with E-state index in [-0.39, 0.29) is 18.2 Å². The monoisotopic (exact) mass is 418 g/mol. The van der Waals surface area contributed by atoms with Crippen molar-refractivity contribution in [2.75, 3.05) is 5.32 Å². The molecule has 0 radical (unpaired) electrons. The second-order valence-electron chi connectivity index (χ2n) is 6.98. The first-order valence-corrected chi connectivity index (χ1v) is 10.6. The Kier molecular flexibility index (Phi) is 5.63. The van der Waals surface area contributed by atoms with Crippen LogP contribution < -0.4 is 10.7 Å². The zero-order chi connectivity index (χ0) is 21.1.